The van der Waals surface area contributed by atoms with Gasteiger partial charge in [-0.25, -0.2) is 5.43 Å². The highest BCUT2D eigenvalue weighted by atomic mass is 16.2. The first-order chi connectivity index (χ1) is 6.70. The molecule has 1 N–H and O–H groups in total. The maximum Gasteiger partial charge on any atom is 0.242 e. The lowest BCUT2D eigenvalue weighted by atomic mass is 10.2. The lowest BCUT2D eigenvalue weighted by molar-refractivity contribution is -0.123. The molecule has 0 aliphatic heterocycles. The van der Waals surface area contributed by atoms with Crippen LogP contribution in [0.4, 0.5) is 0 Å². The molecule has 4 heteroatoms. The van der Waals surface area contributed by atoms with E-state index in [2.05, 4.69) is 15.5 Å². The van der Waals surface area contributed by atoms with Gasteiger partial charge in [-0.05, 0) is 6.07 Å². The smallest absolute Gasteiger partial charge is 0.242 e. The summed E-state index contributed by atoms with van der Waals surface area (Å²) >= 11 is 0. The number of aromatic nitrogens is 1. The van der Waals surface area contributed by atoms with Gasteiger partial charge < -0.3 is 0 Å². The summed E-state index contributed by atoms with van der Waals surface area (Å²) in [4.78, 5) is 15.0. The summed E-state index contributed by atoms with van der Waals surface area (Å²) in [7, 11) is 0. The fraction of sp³-hybridized carbons (Fsp3) is 0.300. The summed E-state index contributed by atoms with van der Waals surface area (Å²) in [6, 6.07) is 3.67. The zero-order valence-electron chi connectivity index (χ0n) is 8.27. The van der Waals surface area contributed by atoms with Crippen molar-refractivity contribution in [3.05, 3.63) is 30.1 Å². The Kier molecular flexibility index (Phi) is 3.79. The summed E-state index contributed by atoms with van der Waals surface area (Å²) in [5.74, 6) is -0.147. The lowest BCUT2D eigenvalue weighted by Crippen LogP contribution is -2.22. The summed E-state index contributed by atoms with van der Waals surface area (Å²) in [6.45, 7) is 3.63. The van der Waals surface area contributed by atoms with Gasteiger partial charge in [-0.2, -0.15) is 5.10 Å². The van der Waals surface area contributed by atoms with Gasteiger partial charge in [0.1, 0.15) is 0 Å². The molecule has 0 aliphatic rings. The topological polar surface area (TPSA) is 54.4 Å². The van der Waals surface area contributed by atoms with Crippen LogP contribution in [0, 0.1) is 5.92 Å². The molecule has 0 spiro atoms. The van der Waals surface area contributed by atoms with Crippen LogP contribution in [0.25, 0.3) is 0 Å². The van der Waals surface area contributed by atoms with E-state index in [4.69, 9.17) is 0 Å². The van der Waals surface area contributed by atoms with Crippen molar-refractivity contribution in [2.75, 3.05) is 0 Å². The normalized spacial score (nSPS) is 10.8. The second-order valence-electron chi connectivity index (χ2n) is 3.18. The van der Waals surface area contributed by atoms with Gasteiger partial charge in [-0.15, -0.1) is 0 Å². The van der Waals surface area contributed by atoms with E-state index in [0.29, 0.717) is 0 Å². The summed E-state index contributed by atoms with van der Waals surface area (Å²) < 4.78 is 0. The van der Waals surface area contributed by atoms with E-state index >= 15 is 0 Å². The fourth-order valence-corrected chi connectivity index (χ4v) is 0.752. The van der Waals surface area contributed by atoms with Crippen molar-refractivity contribution >= 4 is 12.1 Å². The van der Waals surface area contributed by atoms with E-state index in [9.17, 15) is 4.79 Å². The van der Waals surface area contributed by atoms with Gasteiger partial charge >= 0.3 is 0 Å². The first kappa shape index (κ1) is 10.4. The van der Waals surface area contributed by atoms with Gasteiger partial charge in [0, 0.05) is 23.9 Å². The highest BCUT2D eigenvalue weighted by molar-refractivity contribution is 5.82. The highest BCUT2D eigenvalue weighted by Crippen LogP contribution is 1.92. The van der Waals surface area contributed by atoms with E-state index in [-0.39, 0.29) is 11.8 Å². The summed E-state index contributed by atoms with van der Waals surface area (Å²) in [5, 5.41) is 3.80. The fourth-order valence-electron chi connectivity index (χ4n) is 0.752. The third-order valence-electron chi connectivity index (χ3n) is 1.60. The summed E-state index contributed by atoms with van der Waals surface area (Å²) in [6.07, 6.45) is 4.92. The molecule has 0 bridgehead atoms. The van der Waals surface area contributed by atoms with Crippen LogP contribution >= 0.6 is 0 Å². The van der Waals surface area contributed by atoms with E-state index in [1.54, 1.807) is 18.6 Å². The molecule has 74 valence electrons. The average molecular weight is 191 g/mol. The molecule has 0 atom stereocenters. The van der Waals surface area contributed by atoms with Gasteiger partial charge in [0.05, 0.1) is 6.21 Å². The zero-order chi connectivity index (χ0) is 10.4. The molecule has 0 saturated carbocycles. The number of pyridine rings is 1. The van der Waals surface area contributed by atoms with Crippen molar-refractivity contribution in [1.29, 1.82) is 0 Å². The molecule has 0 fully saturated rings. The van der Waals surface area contributed by atoms with E-state index in [0.717, 1.165) is 5.56 Å². The third-order valence-corrected chi connectivity index (χ3v) is 1.60. The van der Waals surface area contributed by atoms with Crippen molar-refractivity contribution in [1.82, 2.24) is 10.4 Å². The van der Waals surface area contributed by atoms with Crippen LogP contribution in [0.15, 0.2) is 29.6 Å². The lowest BCUT2D eigenvalue weighted by Gasteiger charge is -2.00. The van der Waals surface area contributed by atoms with Crippen molar-refractivity contribution in [2.24, 2.45) is 11.0 Å². The number of carbonyl (C=O) groups is 1. The Hall–Kier alpha value is -1.71. The summed E-state index contributed by atoms with van der Waals surface area (Å²) in [5.41, 5.74) is 3.29. The molecule has 14 heavy (non-hydrogen) atoms. The molecule has 4 nitrogen and oxygen atoms in total. The largest absolute Gasteiger partial charge is 0.273 e. The monoisotopic (exact) mass is 191 g/mol. The van der Waals surface area contributed by atoms with Crippen molar-refractivity contribution in [3.63, 3.8) is 0 Å². The molecule has 0 aliphatic carbocycles. The Morgan fingerprint density at radius 3 is 3.00 bits per heavy atom. The van der Waals surface area contributed by atoms with Gasteiger partial charge in [0.15, 0.2) is 0 Å². The number of hydrogen-bond donors (Lipinski definition) is 1. The first-order valence-electron chi connectivity index (χ1n) is 4.43. The Morgan fingerprint density at radius 2 is 2.43 bits per heavy atom. The number of amides is 1. The maximum atomic E-state index is 11.1. The third kappa shape index (κ3) is 3.35. The predicted molar refractivity (Wildman–Crippen MR) is 54.8 cm³/mol. The van der Waals surface area contributed by atoms with Crippen molar-refractivity contribution < 1.29 is 4.79 Å². The predicted octanol–water partition coefficient (Wildman–Crippen LogP) is 1.19. The van der Waals surface area contributed by atoms with Crippen LogP contribution < -0.4 is 5.43 Å². The van der Waals surface area contributed by atoms with Gasteiger partial charge in [0.2, 0.25) is 5.91 Å². The molecule has 0 unspecified atom stereocenters. The molecule has 0 aromatic carbocycles. The Morgan fingerprint density at radius 1 is 1.64 bits per heavy atom. The molecule has 0 saturated heterocycles. The minimum Gasteiger partial charge on any atom is -0.273 e. The number of nitrogens with one attached hydrogen (secondary N) is 1. The van der Waals surface area contributed by atoms with Gasteiger partial charge in [0.25, 0.3) is 0 Å². The van der Waals surface area contributed by atoms with Crippen LogP contribution in [0.2, 0.25) is 0 Å². The number of rotatable bonds is 3. The molecule has 1 heterocycles. The van der Waals surface area contributed by atoms with E-state index < -0.39 is 0 Å². The molecule has 1 amide bonds. The minimum absolute atomic E-state index is 0.0546. The Balaban J connectivity index is 2.46. The van der Waals surface area contributed by atoms with Crippen LogP contribution in [0.3, 0.4) is 0 Å². The van der Waals surface area contributed by atoms with E-state index in [1.807, 2.05) is 26.0 Å². The maximum absolute atomic E-state index is 11.1. The van der Waals surface area contributed by atoms with E-state index in [1.165, 1.54) is 0 Å². The Labute approximate surface area is 83.1 Å². The minimum atomic E-state index is -0.0925. The SMILES string of the molecule is CC(C)C(=O)N/N=C\c1cccnc1. The molecular weight excluding hydrogens is 178 g/mol. The number of hydrazone groups is 1. The van der Waals surface area contributed by atoms with Crippen LogP contribution in [0.1, 0.15) is 19.4 Å². The quantitative estimate of drug-likeness (QED) is 0.576. The second kappa shape index (κ2) is 5.11. The standard InChI is InChI=1S/C10H13N3O/c1-8(2)10(14)13-12-7-9-4-3-5-11-6-9/h3-8H,1-2H3,(H,13,14)/b12-7-. The molecular formula is C10H13N3O. The van der Waals surface area contributed by atoms with Gasteiger partial charge in [-0.1, -0.05) is 19.9 Å². The van der Waals surface area contributed by atoms with Crippen LogP contribution in [-0.4, -0.2) is 17.1 Å². The number of carbonyl (C=O) groups excluding carboxylic acids is 1. The number of hydrogen-bond acceptors (Lipinski definition) is 3. The van der Waals surface area contributed by atoms with Crippen molar-refractivity contribution in [3.8, 4) is 0 Å². The second-order valence-corrected chi connectivity index (χ2v) is 3.18. The molecule has 1 aromatic rings. The average Bonchev–Trinajstić information content (AvgIpc) is 2.19. The zero-order valence-corrected chi connectivity index (χ0v) is 8.27. The Bertz CT molecular complexity index is 319. The van der Waals surface area contributed by atoms with Crippen LogP contribution in [-0.2, 0) is 4.79 Å². The molecule has 0 radical (unpaired) electrons. The molecule has 1 aromatic heterocycles. The first-order valence-corrected chi connectivity index (χ1v) is 4.43. The highest BCUT2D eigenvalue weighted by Gasteiger charge is 2.03. The van der Waals surface area contributed by atoms with Crippen molar-refractivity contribution in [2.45, 2.75) is 13.8 Å². The van der Waals surface area contributed by atoms with Gasteiger partial charge in [-0.3, -0.25) is 9.78 Å². The molecule has 1 rings (SSSR count). The van der Waals surface area contributed by atoms with Crippen LogP contribution in [0.5, 0.6) is 0 Å². The number of nitrogens with zero attached hydrogens (tertiary/aromatic N) is 2.